The minimum atomic E-state index is 0.00521. The van der Waals surface area contributed by atoms with Crippen molar-refractivity contribution in [3.8, 4) is 0 Å². The third kappa shape index (κ3) is 2.76. The molecule has 0 aliphatic heterocycles. The maximum atomic E-state index is 12.9. The van der Waals surface area contributed by atoms with E-state index in [2.05, 4.69) is 4.98 Å². The molecule has 1 N–H and O–H groups in total. The number of aliphatic hydroxyl groups excluding tert-OH is 1. The number of aromatic nitrogens is 1. The second-order valence-corrected chi connectivity index (χ2v) is 5.54. The zero-order valence-corrected chi connectivity index (χ0v) is 12.0. The van der Waals surface area contributed by atoms with Crippen molar-refractivity contribution >= 4 is 16.8 Å². The van der Waals surface area contributed by atoms with Gasteiger partial charge in [0, 0.05) is 29.7 Å². The minimum Gasteiger partial charge on any atom is -0.395 e. The highest BCUT2D eigenvalue weighted by atomic mass is 16.3. The molecule has 0 unspecified atom stereocenters. The molecule has 1 aliphatic rings. The molecule has 1 saturated carbocycles. The summed E-state index contributed by atoms with van der Waals surface area (Å²) in [5.74, 6) is 0.00884. The maximum Gasteiger partial charge on any atom is 0.254 e. The topological polar surface area (TPSA) is 53.4 Å². The largest absolute Gasteiger partial charge is 0.395 e. The molecule has 4 nitrogen and oxygen atoms in total. The van der Waals surface area contributed by atoms with E-state index in [1.165, 1.54) is 0 Å². The van der Waals surface area contributed by atoms with Crippen molar-refractivity contribution in [2.45, 2.75) is 31.7 Å². The van der Waals surface area contributed by atoms with Gasteiger partial charge in [0.25, 0.3) is 5.91 Å². The lowest BCUT2D eigenvalue weighted by Crippen LogP contribution is -2.40. The van der Waals surface area contributed by atoms with Crippen molar-refractivity contribution in [3.05, 3.63) is 42.1 Å². The molecule has 3 rings (SSSR count). The quantitative estimate of drug-likeness (QED) is 0.939. The van der Waals surface area contributed by atoms with E-state index in [4.69, 9.17) is 0 Å². The van der Waals surface area contributed by atoms with Crippen LogP contribution >= 0.6 is 0 Å². The third-order valence-electron chi connectivity index (χ3n) is 4.24. The molecular weight excluding hydrogens is 264 g/mol. The Morgan fingerprint density at radius 1 is 1.24 bits per heavy atom. The lowest BCUT2D eigenvalue weighted by Gasteiger charge is -2.28. The van der Waals surface area contributed by atoms with Crippen LogP contribution in [0.3, 0.4) is 0 Å². The Kier molecular flexibility index (Phi) is 4.15. The van der Waals surface area contributed by atoms with Crippen LogP contribution in [0.1, 0.15) is 36.0 Å². The van der Waals surface area contributed by atoms with Crippen molar-refractivity contribution in [2.24, 2.45) is 0 Å². The van der Waals surface area contributed by atoms with Crippen LogP contribution in [-0.4, -0.2) is 40.1 Å². The molecule has 0 radical (unpaired) electrons. The van der Waals surface area contributed by atoms with Crippen molar-refractivity contribution < 1.29 is 9.90 Å². The van der Waals surface area contributed by atoms with Crippen molar-refractivity contribution in [3.63, 3.8) is 0 Å². The average molecular weight is 284 g/mol. The Bertz CT molecular complexity index is 630. The van der Waals surface area contributed by atoms with E-state index >= 15 is 0 Å². The lowest BCUT2D eigenvalue weighted by atomic mass is 10.1. The van der Waals surface area contributed by atoms with Gasteiger partial charge in [0.1, 0.15) is 0 Å². The highest BCUT2D eigenvalue weighted by molar-refractivity contribution is 6.06. The van der Waals surface area contributed by atoms with E-state index in [1.54, 1.807) is 6.20 Å². The number of carbonyl (C=O) groups is 1. The summed E-state index contributed by atoms with van der Waals surface area (Å²) >= 11 is 0. The smallest absolute Gasteiger partial charge is 0.254 e. The molecule has 1 heterocycles. The zero-order valence-electron chi connectivity index (χ0n) is 12.0. The fourth-order valence-electron chi connectivity index (χ4n) is 3.22. The number of hydrogen-bond donors (Lipinski definition) is 1. The summed E-state index contributed by atoms with van der Waals surface area (Å²) in [6, 6.07) is 9.68. The molecule has 1 aliphatic carbocycles. The van der Waals surface area contributed by atoms with E-state index in [1.807, 2.05) is 35.2 Å². The fourth-order valence-corrected chi connectivity index (χ4v) is 3.22. The van der Waals surface area contributed by atoms with Crippen LogP contribution in [0, 0.1) is 0 Å². The predicted molar refractivity (Wildman–Crippen MR) is 82.1 cm³/mol. The van der Waals surface area contributed by atoms with E-state index < -0.39 is 0 Å². The molecule has 2 aromatic rings. The monoisotopic (exact) mass is 284 g/mol. The number of fused-ring (bicyclic) bond motifs is 1. The highest BCUT2D eigenvalue weighted by Gasteiger charge is 2.27. The highest BCUT2D eigenvalue weighted by Crippen LogP contribution is 2.26. The number of benzene rings is 1. The number of pyridine rings is 1. The average Bonchev–Trinajstić information content (AvgIpc) is 3.05. The maximum absolute atomic E-state index is 12.9. The first-order valence-electron chi connectivity index (χ1n) is 7.57. The molecule has 0 bridgehead atoms. The van der Waals surface area contributed by atoms with Gasteiger partial charge >= 0.3 is 0 Å². The van der Waals surface area contributed by atoms with E-state index in [9.17, 15) is 9.90 Å². The molecule has 0 saturated heterocycles. The van der Waals surface area contributed by atoms with Crippen molar-refractivity contribution in [1.29, 1.82) is 0 Å². The van der Waals surface area contributed by atoms with Gasteiger partial charge in [0.05, 0.1) is 12.1 Å². The van der Waals surface area contributed by atoms with Gasteiger partial charge in [-0.05, 0) is 31.0 Å². The molecule has 4 heteroatoms. The van der Waals surface area contributed by atoms with Crippen LogP contribution in [-0.2, 0) is 0 Å². The number of carbonyl (C=O) groups excluding carboxylic acids is 1. The van der Waals surface area contributed by atoms with E-state index in [0.29, 0.717) is 12.1 Å². The zero-order chi connectivity index (χ0) is 14.7. The van der Waals surface area contributed by atoms with Crippen LogP contribution in [0.25, 0.3) is 10.9 Å². The van der Waals surface area contributed by atoms with Crippen LogP contribution in [0.2, 0.25) is 0 Å². The number of amides is 1. The minimum absolute atomic E-state index is 0.00521. The molecule has 110 valence electrons. The van der Waals surface area contributed by atoms with Gasteiger partial charge in [-0.3, -0.25) is 9.78 Å². The third-order valence-corrected chi connectivity index (χ3v) is 4.24. The second-order valence-electron chi connectivity index (χ2n) is 5.54. The van der Waals surface area contributed by atoms with Crippen LogP contribution in [0.5, 0.6) is 0 Å². The Morgan fingerprint density at radius 2 is 2.05 bits per heavy atom. The first kappa shape index (κ1) is 14.0. The SMILES string of the molecule is O=C(c1cccc2ncccc12)N(CCO)C1CCCC1. The second kappa shape index (κ2) is 6.22. The van der Waals surface area contributed by atoms with Gasteiger partial charge in [0.15, 0.2) is 0 Å². The van der Waals surface area contributed by atoms with E-state index in [0.717, 1.165) is 36.6 Å². The van der Waals surface area contributed by atoms with E-state index in [-0.39, 0.29) is 18.6 Å². The first-order valence-corrected chi connectivity index (χ1v) is 7.57. The summed E-state index contributed by atoms with van der Waals surface area (Å²) < 4.78 is 0. The normalized spacial score (nSPS) is 15.5. The Labute approximate surface area is 124 Å². The molecular formula is C17H20N2O2. The molecule has 0 atom stereocenters. The Morgan fingerprint density at radius 3 is 2.81 bits per heavy atom. The first-order chi connectivity index (χ1) is 10.3. The standard InChI is InChI=1S/C17H20N2O2/c20-12-11-19(13-5-1-2-6-13)17(21)15-7-3-9-16-14(15)8-4-10-18-16/h3-4,7-10,13,20H,1-2,5-6,11-12H2. The summed E-state index contributed by atoms with van der Waals surface area (Å²) in [6.45, 7) is 0.408. The number of rotatable bonds is 4. The van der Waals surface area contributed by atoms with Gasteiger partial charge in [-0.15, -0.1) is 0 Å². The van der Waals surface area contributed by atoms with Gasteiger partial charge in [-0.2, -0.15) is 0 Å². The van der Waals surface area contributed by atoms with Crippen molar-refractivity contribution in [1.82, 2.24) is 9.88 Å². The van der Waals surface area contributed by atoms with Crippen LogP contribution < -0.4 is 0 Å². The summed E-state index contributed by atoms with van der Waals surface area (Å²) in [6.07, 6.45) is 6.14. The van der Waals surface area contributed by atoms with Gasteiger partial charge in [0.2, 0.25) is 0 Å². The van der Waals surface area contributed by atoms with Gasteiger partial charge < -0.3 is 10.0 Å². The summed E-state index contributed by atoms with van der Waals surface area (Å²) in [7, 11) is 0. The van der Waals surface area contributed by atoms with Crippen LogP contribution in [0.4, 0.5) is 0 Å². The number of aliphatic hydroxyl groups is 1. The number of nitrogens with zero attached hydrogens (tertiary/aromatic N) is 2. The summed E-state index contributed by atoms with van der Waals surface area (Å²) in [4.78, 5) is 19.1. The van der Waals surface area contributed by atoms with Gasteiger partial charge in [-0.25, -0.2) is 0 Å². The molecule has 21 heavy (non-hydrogen) atoms. The fraction of sp³-hybridized carbons (Fsp3) is 0.412. The summed E-state index contributed by atoms with van der Waals surface area (Å²) in [5, 5.41) is 10.2. The lowest BCUT2D eigenvalue weighted by molar-refractivity contribution is 0.0640. The molecule has 1 fully saturated rings. The molecule has 1 aromatic heterocycles. The molecule has 1 amide bonds. The Balaban J connectivity index is 1.97. The predicted octanol–water partition coefficient (Wildman–Crippen LogP) is 2.61. The summed E-state index contributed by atoms with van der Waals surface area (Å²) in [5.41, 5.74) is 1.51. The molecule has 1 aromatic carbocycles. The van der Waals surface area contributed by atoms with Crippen LogP contribution in [0.15, 0.2) is 36.5 Å². The molecule has 0 spiro atoms. The Hall–Kier alpha value is -1.94. The van der Waals surface area contributed by atoms with Gasteiger partial charge in [-0.1, -0.05) is 25.0 Å². The number of hydrogen-bond acceptors (Lipinski definition) is 3. The van der Waals surface area contributed by atoms with Crippen molar-refractivity contribution in [2.75, 3.05) is 13.2 Å².